The molecule has 1 aliphatic rings. The SMILES string of the molecule is CN(C)C1CCN(c2nccnc2C(N)=NO)C1. The molecule has 3 N–H and O–H groups in total. The van der Waals surface area contributed by atoms with E-state index in [2.05, 4.69) is 39.0 Å². The fourth-order valence-corrected chi connectivity index (χ4v) is 2.15. The summed E-state index contributed by atoms with van der Waals surface area (Å²) < 4.78 is 0. The van der Waals surface area contributed by atoms with Gasteiger partial charge in [-0.25, -0.2) is 9.97 Å². The van der Waals surface area contributed by atoms with Crippen molar-refractivity contribution in [1.29, 1.82) is 0 Å². The van der Waals surface area contributed by atoms with Crippen LogP contribution >= 0.6 is 0 Å². The molecule has 98 valence electrons. The average molecular weight is 250 g/mol. The Hall–Kier alpha value is -1.89. The summed E-state index contributed by atoms with van der Waals surface area (Å²) in [6.07, 6.45) is 4.22. The average Bonchev–Trinajstić information content (AvgIpc) is 2.87. The minimum absolute atomic E-state index is 0.00796. The maximum atomic E-state index is 8.76. The lowest BCUT2D eigenvalue weighted by Crippen LogP contribution is -2.33. The number of hydrogen-bond donors (Lipinski definition) is 2. The van der Waals surface area contributed by atoms with Crippen molar-refractivity contribution in [3.63, 3.8) is 0 Å². The lowest BCUT2D eigenvalue weighted by atomic mass is 10.2. The molecule has 1 atom stereocenters. The molecule has 2 rings (SSSR count). The maximum absolute atomic E-state index is 8.76. The van der Waals surface area contributed by atoms with Crippen LogP contribution in [0.4, 0.5) is 5.82 Å². The van der Waals surface area contributed by atoms with E-state index in [1.807, 2.05) is 0 Å². The van der Waals surface area contributed by atoms with Crippen LogP contribution in [-0.4, -0.2) is 59.1 Å². The summed E-state index contributed by atoms with van der Waals surface area (Å²) in [5, 5.41) is 11.8. The molecule has 0 bridgehead atoms. The molecule has 1 unspecified atom stereocenters. The highest BCUT2D eigenvalue weighted by Gasteiger charge is 2.27. The zero-order valence-electron chi connectivity index (χ0n) is 10.6. The van der Waals surface area contributed by atoms with E-state index in [0.717, 1.165) is 19.5 Å². The number of nitrogens with two attached hydrogens (primary N) is 1. The van der Waals surface area contributed by atoms with Gasteiger partial charge in [0.25, 0.3) is 0 Å². The minimum atomic E-state index is -0.00796. The van der Waals surface area contributed by atoms with Gasteiger partial charge in [-0.2, -0.15) is 0 Å². The standard InChI is InChI=1S/C11H18N6O/c1-16(2)8-3-6-17(7-8)11-9(10(12)15-18)13-4-5-14-11/h4-5,8,18H,3,6-7H2,1-2H3,(H2,12,15). The Morgan fingerprint density at radius 1 is 1.50 bits per heavy atom. The minimum Gasteiger partial charge on any atom is -0.409 e. The number of amidine groups is 1. The smallest absolute Gasteiger partial charge is 0.192 e. The number of oxime groups is 1. The molecule has 1 aliphatic heterocycles. The van der Waals surface area contributed by atoms with E-state index in [1.165, 1.54) is 6.20 Å². The molecule has 0 radical (unpaired) electrons. The van der Waals surface area contributed by atoms with Crippen LogP contribution in [0.5, 0.6) is 0 Å². The first-order valence-electron chi connectivity index (χ1n) is 5.83. The first kappa shape index (κ1) is 12.6. The Labute approximate surface area is 106 Å². The van der Waals surface area contributed by atoms with Gasteiger partial charge in [0.05, 0.1) is 0 Å². The molecule has 0 aliphatic carbocycles. The normalized spacial score (nSPS) is 20.7. The van der Waals surface area contributed by atoms with Crippen LogP contribution in [0.3, 0.4) is 0 Å². The summed E-state index contributed by atoms with van der Waals surface area (Å²) in [6, 6.07) is 0.493. The summed E-state index contributed by atoms with van der Waals surface area (Å²) in [7, 11) is 4.13. The highest BCUT2D eigenvalue weighted by Crippen LogP contribution is 2.22. The molecule has 7 nitrogen and oxygen atoms in total. The fourth-order valence-electron chi connectivity index (χ4n) is 2.15. The van der Waals surface area contributed by atoms with Crippen molar-refractivity contribution in [3.05, 3.63) is 18.1 Å². The molecule has 1 saturated heterocycles. The van der Waals surface area contributed by atoms with Crippen LogP contribution < -0.4 is 10.6 Å². The largest absolute Gasteiger partial charge is 0.409 e. The van der Waals surface area contributed by atoms with E-state index in [0.29, 0.717) is 17.6 Å². The van der Waals surface area contributed by atoms with Gasteiger partial charge in [0.2, 0.25) is 0 Å². The maximum Gasteiger partial charge on any atom is 0.192 e. The lowest BCUT2D eigenvalue weighted by Gasteiger charge is -2.22. The van der Waals surface area contributed by atoms with Gasteiger partial charge in [-0.1, -0.05) is 5.16 Å². The third kappa shape index (κ3) is 2.35. The van der Waals surface area contributed by atoms with Gasteiger partial charge in [0, 0.05) is 31.5 Å². The highest BCUT2D eigenvalue weighted by atomic mass is 16.4. The molecular weight excluding hydrogens is 232 g/mol. The van der Waals surface area contributed by atoms with E-state index in [9.17, 15) is 0 Å². The van der Waals surface area contributed by atoms with Crippen LogP contribution in [0.1, 0.15) is 12.1 Å². The molecule has 18 heavy (non-hydrogen) atoms. The van der Waals surface area contributed by atoms with Crippen LogP contribution in [0.25, 0.3) is 0 Å². The molecule has 1 aromatic heterocycles. The van der Waals surface area contributed by atoms with Crippen molar-refractivity contribution >= 4 is 11.7 Å². The lowest BCUT2D eigenvalue weighted by molar-refractivity contribution is 0.315. The van der Waals surface area contributed by atoms with Gasteiger partial charge in [0.15, 0.2) is 17.3 Å². The van der Waals surface area contributed by atoms with E-state index >= 15 is 0 Å². The van der Waals surface area contributed by atoms with Crippen molar-refractivity contribution in [3.8, 4) is 0 Å². The number of aromatic nitrogens is 2. The summed E-state index contributed by atoms with van der Waals surface area (Å²) in [4.78, 5) is 12.7. The van der Waals surface area contributed by atoms with Gasteiger partial charge in [-0.05, 0) is 20.5 Å². The number of nitrogens with zero attached hydrogens (tertiary/aromatic N) is 5. The number of anilines is 1. The number of rotatable bonds is 3. The van der Waals surface area contributed by atoms with Crippen LogP contribution in [-0.2, 0) is 0 Å². The molecule has 0 saturated carbocycles. The molecule has 1 fully saturated rings. The third-order valence-electron chi connectivity index (χ3n) is 3.22. The molecule has 0 aromatic carbocycles. The van der Waals surface area contributed by atoms with Crippen molar-refractivity contribution in [2.24, 2.45) is 10.9 Å². The van der Waals surface area contributed by atoms with E-state index in [1.54, 1.807) is 6.20 Å². The Balaban J connectivity index is 2.25. The van der Waals surface area contributed by atoms with Crippen molar-refractivity contribution in [1.82, 2.24) is 14.9 Å². The van der Waals surface area contributed by atoms with E-state index in [4.69, 9.17) is 10.9 Å². The molecule has 2 heterocycles. The van der Waals surface area contributed by atoms with Gasteiger partial charge in [-0.3, -0.25) is 0 Å². The third-order valence-corrected chi connectivity index (χ3v) is 3.22. The highest BCUT2D eigenvalue weighted by molar-refractivity contribution is 5.99. The Morgan fingerprint density at radius 2 is 2.22 bits per heavy atom. The topological polar surface area (TPSA) is 90.9 Å². The van der Waals surface area contributed by atoms with E-state index in [-0.39, 0.29) is 5.84 Å². The Morgan fingerprint density at radius 3 is 2.83 bits per heavy atom. The molecule has 0 amide bonds. The van der Waals surface area contributed by atoms with Crippen LogP contribution in [0, 0.1) is 0 Å². The van der Waals surface area contributed by atoms with Crippen molar-refractivity contribution in [2.75, 3.05) is 32.1 Å². The molecule has 1 aromatic rings. The molecule has 0 spiro atoms. The molecular formula is C11H18N6O. The predicted octanol–water partition coefficient (Wildman–Crippen LogP) is -0.289. The summed E-state index contributed by atoms with van der Waals surface area (Å²) >= 11 is 0. The van der Waals surface area contributed by atoms with Crippen LogP contribution in [0.2, 0.25) is 0 Å². The Bertz CT molecular complexity index is 447. The first-order valence-corrected chi connectivity index (χ1v) is 5.83. The van der Waals surface area contributed by atoms with Gasteiger partial charge >= 0.3 is 0 Å². The van der Waals surface area contributed by atoms with Gasteiger partial charge in [0.1, 0.15) is 0 Å². The second-order valence-electron chi connectivity index (χ2n) is 4.57. The summed E-state index contributed by atoms with van der Waals surface area (Å²) in [5.74, 6) is 0.670. The zero-order valence-corrected chi connectivity index (χ0v) is 10.6. The monoisotopic (exact) mass is 250 g/mol. The van der Waals surface area contributed by atoms with Gasteiger partial charge < -0.3 is 20.7 Å². The number of likely N-dealkylation sites (N-methyl/N-ethyl adjacent to an activating group) is 1. The predicted molar refractivity (Wildman–Crippen MR) is 68.8 cm³/mol. The van der Waals surface area contributed by atoms with E-state index < -0.39 is 0 Å². The van der Waals surface area contributed by atoms with Crippen LogP contribution in [0.15, 0.2) is 17.5 Å². The Kier molecular flexibility index (Phi) is 3.61. The molecule has 7 heteroatoms. The second-order valence-corrected chi connectivity index (χ2v) is 4.57. The van der Waals surface area contributed by atoms with Crippen molar-refractivity contribution < 1.29 is 5.21 Å². The quantitative estimate of drug-likeness (QED) is 0.331. The van der Waals surface area contributed by atoms with Crippen molar-refractivity contribution in [2.45, 2.75) is 12.5 Å². The number of hydrogen-bond acceptors (Lipinski definition) is 6. The second kappa shape index (κ2) is 5.18. The zero-order chi connectivity index (χ0) is 13.1. The fraction of sp³-hybridized carbons (Fsp3) is 0.545. The summed E-state index contributed by atoms with van der Waals surface area (Å²) in [5.41, 5.74) is 6.05. The first-order chi connectivity index (χ1) is 8.63. The summed E-state index contributed by atoms with van der Waals surface area (Å²) in [6.45, 7) is 1.77. The van der Waals surface area contributed by atoms with Gasteiger partial charge in [-0.15, -0.1) is 0 Å².